The first-order valence-electron chi connectivity index (χ1n) is 2.06. The Morgan fingerprint density at radius 2 is 1.57 bits per heavy atom. The molecule has 1 aromatic rings. The fourth-order valence-electron chi connectivity index (χ4n) is 0.275. The molecule has 1 heterocycles. The van der Waals surface area contributed by atoms with Crippen molar-refractivity contribution in [2.75, 3.05) is 0 Å². The zero-order chi connectivity index (χ0) is 5.28. The van der Waals surface area contributed by atoms with Gasteiger partial charge in [-0.25, -0.2) is 0 Å². The predicted octanol–water partition coefficient (Wildman–Crippen LogP) is 0.150. The van der Waals surface area contributed by atoms with Crippen LogP contribution in [0.15, 0.2) is 0 Å². The van der Waals surface area contributed by atoms with Crippen molar-refractivity contribution in [2.24, 2.45) is 0 Å². The molecule has 0 unspecified atom stereocenters. The van der Waals surface area contributed by atoms with Crippen LogP contribution in [0.1, 0.15) is 11.4 Å². The first kappa shape index (κ1) is 5.27. The van der Waals surface area contributed by atoms with E-state index in [1.165, 1.54) is 0 Å². The summed E-state index contributed by atoms with van der Waals surface area (Å²) in [4.78, 5) is 0. The number of aryl methyl sites for hydroxylation is 2. The molecule has 0 saturated heterocycles. The van der Waals surface area contributed by atoms with Crippen molar-refractivity contribution >= 4 is 21.0 Å². The van der Waals surface area contributed by atoms with Gasteiger partial charge < -0.3 is 0 Å². The molecule has 7 heavy (non-hydrogen) atoms. The molecular weight excluding hydrogens is 204 g/mol. The standard InChI is InChI=1S/C4H6N2Te/c1-3-4(2)6-7-5-3/h1-2H3. The molecule has 0 saturated carbocycles. The zero-order valence-corrected chi connectivity index (χ0v) is 6.63. The van der Waals surface area contributed by atoms with Crippen molar-refractivity contribution in [3.05, 3.63) is 11.4 Å². The second kappa shape index (κ2) is 1.94. The summed E-state index contributed by atoms with van der Waals surface area (Å²) in [7, 11) is 0. The molecule has 0 N–H and O–H groups in total. The predicted molar refractivity (Wildman–Crippen MR) is 28.4 cm³/mol. The molecule has 1 rings (SSSR count). The Balaban J connectivity index is 3.12. The number of rotatable bonds is 0. The van der Waals surface area contributed by atoms with E-state index in [0.717, 1.165) is 11.4 Å². The molecule has 38 valence electrons. The van der Waals surface area contributed by atoms with Gasteiger partial charge in [0, 0.05) is 0 Å². The molecule has 2 nitrogen and oxygen atoms in total. The van der Waals surface area contributed by atoms with Crippen LogP contribution in [0.5, 0.6) is 0 Å². The molecule has 3 heteroatoms. The second-order valence-electron chi connectivity index (χ2n) is 1.44. The van der Waals surface area contributed by atoms with Gasteiger partial charge in [0.25, 0.3) is 0 Å². The molecule has 0 bridgehead atoms. The van der Waals surface area contributed by atoms with Crippen LogP contribution in [-0.2, 0) is 0 Å². The van der Waals surface area contributed by atoms with Crippen LogP contribution in [0, 0.1) is 13.8 Å². The normalized spacial score (nSPS) is 9.43. The summed E-state index contributed by atoms with van der Waals surface area (Å²) < 4.78 is 8.32. The number of aromatic nitrogens is 2. The van der Waals surface area contributed by atoms with E-state index in [1.807, 2.05) is 13.8 Å². The van der Waals surface area contributed by atoms with Crippen molar-refractivity contribution < 1.29 is 0 Å². The van der Waals surface area contributed by atoms with Crippen molar-refractivity contribution in [1.82, 2.24) is 6.41 Å². The van der Waals surface area contributed by atoms with Gasteiger partial charge in [0.05, 0.1) is 0 Å². The fraction of sp³-hybridized carbons (Fsp3) is 0.500. The Kier molecular flexibility index (Phi) is 1.46. The van der Waals surface area contributed by atoms with E-state index in [9.17, 15) is 0 Å². The molecule has 0 atom stereocenters. The van der Waals surface area contributed by atoms with E-state index in [-0.39, 0.29) is 21.0 Å². The number of nitrogens with zero attached hydrogens (tertiary/aromatic N) is 2. The minimum atomic E-state index is -0.310. The van der Waals surface area contributed by atoms with Gasteiger partial charge in [0.15, 0.2) is 0 Å². The van der Waals surface area contributed by atoms with Gasteiger partial charge in [-0.2, -0.15) is 0 Å². The first-order valence-corrected chi connectivity index (χ1v) is 4.15. The summed E-state index contributed by atoms with van der Waals surface area (Å²) in [6, 6.07) is 0. The van der Waals surface area contributed by atoms with E-state index in [4.69, 9.17) is 0 Å². The van der Waals surface area contributed by atoms with Crippen molar-refractivity contribution in [3.63, 3.8) is 0 Å². The maximum atomic E-state index is 4.16. The Labute approximate surface area is 52.9 Å². The maximum absolute atomic E-state index is 4.16. The van der Waals surface area contributed by atoms with Gasteiger partial charge in [0.1, 0.15) is 0 Å². The van der Waals surface area contributed by atoms with Gasteiger partial charge >= 0.3 is 52.6 Å². The minimum absolute atomic E-state index is 0.310. The van der Waals surface area contributed by atoms with Crippen molar-refractivity contribution in [1.29, 1.82) is 0 Å². The summed E-state index contributed by atoms with van der Waals surface area (Å²) in [5, 5.41) is 0. The van der Waals surface area contributed by atoms with Crippen LogP contribution in [0.3, 0.4) is 0 Å². The summed E-state index contributed by atoms with van der Waals surface area (Å²) in [5.74, 6) is 0. The van der Waals surface area contributed by atoms with Crippen molar-refractivity contribution in [3.8, 4) is 0 Å². The average molecular weight is 210 g/mol. The van der Waals surface area contributed by atoms with E-state index >= 15 is 0 Å². The fourth-order valence-corrected chi connectivity index (χ4v) is 1.84. The summed E-state index contributed by atoms with van der Waals surface area (Å²) in [6.45, 7) is 4.02. The van der Waals surface area contributed by atoms with Crippen LogP contribution in [0.4, 0.5) is 0 Å². The third-order valence-corrected chi connectivity index (χ3v) is 2.91. The molecule has 0 aromatic carbocycles. The second-order valence-corrected chi connectivity index (χ2v) is 2.94. The van der Waals surface area contributed by atoms with Crippen molar-refractivity contribution in [2.45, 2.75) is 13.8 Å². The average Bonchev–Trinajstić information content (AvgIpc) is 1.91. The summed E-state index contributed by atoms with van der Waals surface area (Å²) in [5.41, 5.74) is 2.28. The van der Waals surface area contributed by atoms with Crippen LogP contribution in [0.2, 0.25) is 0 Å². The monoisotopic (exact) mass is 212 g/mol. The molecule has 0 radical (unpaired) electrons. The molecule has 0 aliphatic carbocycles. The van der Waals surface area contributed by atoms with Gasteiger partial charge in [-0.1, -0.05) is 0 Å². The van der Waals surface area contributed by atoms with Gasteiger partial charge in [-0.15, -0.1) is 0 Å². The number of hydrogen-bond acceptors (Lipinski definition) is 2. The Hall–Kier alpha value is 0.130. The Bertz CT molecular complexity index is 142. The van der Waals surface area contributed by atoms with Crippen LogP contribution in [0.25, 0.3) is 0 Å². The van der Waals surface area contributed by atoms with Gasteiger partial charge in [-0.05, 0) is 0 Å². The van der Waals surface area contributed by atoms with E-state index in [2.05, 4.69) is 6.41 Å². The molecule has 0 amide bonds. The van der Waals surface area contributed by atoms with Gasteiger partial charge in [-0.3, -0.25) is 0 Å². The van der Waals surface area contributed by atoms with Crippen LogP contribution < -0.4 is 0 Å². The Morgan fingerprint density at radius 3 is 1.71 bits per heavy atom. The Morgan fingerprint density at radius 1 is 1.14 bits per heavy atom. The molecule has 0 spiro atoms. The van der Waals surface area contributed by atoms with E-state index < -0.39 is 0 Å². The first-order chi connectivity index (χ1) is 3.30. The number of hydrogen-bond donors (Lipinski definition) is 0. The van der Waals surface area contributed by atoms with E-state index in [1.54, 1.807) is 0 Å². The molecule has 1 aromatic heterocycles. The van der Waals surface area contributed by atoms with Crippen LogP contribution in [-0.4, -0.2) is 27.4 Å². The molecule has 0 fully saturated rings. The van der Waals surface area contributed by atoms with Gasteiger partial charge in [0.2, 0.25) is 0 Å². The van der Waals surface area contributed by atoms with E-state index in [0.29, 0.717) is 0 Å². The van der Waals surface area contributed by atoms with Crippen LogP contribution >= 0.6 is 0 Å². The molecule has 0 aliphatic heterocycles. The third kappa shape index (κ3) is 1.02. The topological polar surface area (TPSA) is 25.8 Å². The molecular formula is C4H6N2Te. The summed E-state index contributed by atoms with van der Waals surface area (Å²) in [6.07, 6.45) is 0. The third-order valence-electron chi connectivity index (χ3n) is 0.879. The quantitative estimate of drug-likeness (QED) is 0.569. The molecule has 0 aliphatic rings. The zero-order valence-electron chi connectivity index (χ0n) is 4.30. The SMILES string of the molecule is Cc1n[te]nc1C. The summed E-state index contributed by atoms with van der Waals surface area (Å²) >= 11 is -0.310.